The first-order chi connectivity index (χ1) is 17.6. The maximum absolute atomic E-state index is 13.8. The van der Waals surface area contributed by atoms with E-state index in [9.17, 15) is 22.4 Å². The van der Waals surface area contributed by atoms with Gasteiger partial charge in [-0.15, -0.1) is 0 Å². The molecule has 3 aromatic rings. The number of hydrogen-bond acceptors (Lipinski definition) is 4. The zero-order chi connectivity index (χ0) is 27.0. The Morgan fingerprint density at radius 1 is 0.946 bits per heavy atom. The van der Waals surface area contributed by atoms with E-state index >= 15 is 0 Å². The summed E-state index contributed by atoms with van der Waals surface area (Å²) in [6, 6.07) is 19.5. The van der Waals surface area contributed by atoms with Crippen LogP contribution < -0.4 is 9.62 Å². The largest absolute Gasteiger partial charge is 0.354 e. The Labute approximate surface area is 218 Å². The van der Waals surface area contributed by atoms with Crippen LogP contribution in [0.4, 0.5) is 10.1 Å². The number of rotatable bonds is 11. The highest BCUT2D eigenvalue weighted by atomic mass is 32.2. The van der Waals surface area contributed by atoms with E-state index in [4.69, 9.17) is 0 Å². The van der Waals surface area contributed by atoms with Crippen molar-refractivity contribution in [1.29, 1.82) is 0 Å². The number of benzene rings is 3. The van der Waals surface area contributed by atoms with Gasteiger partial charge in [-0.05, 0) is 61.7 Å². The molecule has 1 atom stereocenters. The second kappa shape index (κ2) is 12.5. The third-order valence-corrected chi connectivity index (χ3v) is 7.75. The summed E-state index contributed by atoms with van der Waals surface area (Å²) in [6.07, 6.45) is 0.723. The van der Waals surface area contributed by atoms with Gasteiger partial charge >= 0.3 is 0 Å². The van der Waals surface area contributed by atoms with E-state index in [0.29, 0.717) is 23.4 Å². The number of para-hydroxylation sites is 1. The van der Waals surface area contributed by atoms with Crippen molar-refractivity contribution in [3.63, 3.8) is 0 Å². The van der Waals surface area contributed by atoms with Crippen LogP contribution >= 0.6 is 0 Å². The molecule has 0 saturated carbocycles. The molecule has 0 aromatic heterocycles. The van der Waals surface area contributed by atoms with Gasteiger partial charge in [0.05, 0.1) is 10.6 Å². The van der Waals surface area contributed by atoms with E-state index in [1.54, 1.807) is 56.3 Å². The molecule has 9 heteroatoms. The first kappa shape index (κ1) is 27.9. The van der Waals surface area contributed by atoms with Crippen LogP contribution in [0.1, 0.15) is 31.4 Å². The van der Waals surface area contributed by atoms with Crippen LogP contribution in [-0.2, 0) is 26.2 Å². The lowest BCUT2D eigenvalue weighted by atomic mass is 10.1. The summed E-state index contributed by atoms with van der Waals surface area (Å²) < 4.78 is 42.0. The summed E-state index contributed by atoms with van der Waals surface area (Å²) in [6.45, 7) is 5.21. The molecule has 2 amide bonds. The monoisotopic (exact) mass is 525 g/mol. The summed E-state index contributed by atoms with van der Waals surface area (Å²) in [5, 5.41) is 2.79. The van der Waals surface area contributed by atoms with Crippen molar-refractivity contribution >= 4 is 27.5 Å². The lowest BCUT2D eigenvalue weighted by Crippen LogP contribution is -2.51. The summed E-state index contributed by atoms with van der Waals surface area (Å²) in [5.41, 5.74) is 1.65. The molecule has 0 aliphatic heterocycles. The predicted molar refractivity (Wildman–Crippen MR) is 142 cm³/mol. The van der Waals surface area contributed by atoms with Crippen molar-refractivity contribution in [1.82, 2.24) is 10.2 Å². The number of nitrogens with zero attached hydrogens (tertiary/aromatic N) is 2. The molecule has 0 unspecified atom stereocenters. The Hall–Kier alpha value is -3.72. The highest BCUT2D eigenvalue weighted by molar-refractivity contribution is 7.92. The minimum atomic E-state index is -4.11. The fourth-order valence-electron chi connectivity index (χ4n) is 3.84. The van der Waals surface area contributed by atoms with Crippen molar-refractivity contribution in [3.8, 4) is 0 Å². The standard InChI is InChI=1S/C28H32FN3O4S/c1-4-18-30-28(34)22(3)31(19-23-14-16-24(29)17-15-23)27(33)20-32(26-13-9-8-10-21(26)2)37(35,36)25-11-6-5-7-12-25/h5-17,22H,4,18-20H2,1-3H3,(H,30,34)/t22-/m1/s1. The van der Waals surface area contributed by atoms with Crippen LogP contribution in [-0.4, -0.2) is 44.3 Å². The number of sulfonamides is 1. The van der Waals surface area contributed by atoms with Gasteiger partial charge in [-0.2, -0.15) is 0 Å². The molecule has 0 bridgehead atoms. The minimum absolute atomic E-state index is 0.00677. The topological polar surface area (TPSA) is 86.8 Å². The van der Waals surface area contributed by atoms with E-state index in [1.165, 1.54) is 41.3 Å². The van der Waals surface area contributed by atoms with E-state index in [1.807, 2.05) is 6.92 Å². The molecule has 0 aliphatic rings. The number of hydrogen-bond donors (Lipinski definition) is 1. The summed E-state index contributed by atoms with van der Waals surface area (Å²) >= 11 is 0. The van der Waals surface area contributed by atoms with E-state index in [-0.39, 0.29) is 17.3 Å². The molecule has 3 rings (SSSR count). The van der Waals surface area contributed by atoms with Crippen molar-refractivity contribution < 1.29 is 22.4 Å². The number of halogens is 1. The number of aryl methyl sites for hydroxylation is 1. The quantitative estimate of drug-likeness (QED) is 0.405. The molecule has 37 heavy (non-hydrogen) atoms. The fraction of sp³-hybridized carbons (Fsp3) is 0.286. The van der Waals surface area contributed by atoms with Gasteiger partial charge in [-0.25, -0.2) is 12.8 Å². The minimum Gasteiger partial charge on any atom is -0.354 e. The smallest absolute Gasteiger partial charge is 0.264 e. The molecule has 0 fully saturated rings. The van der Waals surface area contributed by atoms with Crippen LogP contribution in [0.2, 0.25) is 0 Å². The molecule has 7 nitrogen and oxygen atoms in total. The second-order valence-electron chi connectivity index (χ2n) is 8.73. The molecule has 3 aromatic carbocycles. The van der Waals surface area contributed by atoms with Gasteiger partial charge in [0.1, 0.15) is 18.4 Å². The van der Waals surface area contributed by atoms with Crippen molar-refractivity contribution in [2.75, 3.05) is 17.4 Å². The Morgan fingerprint density at radius 3 is 2.19 bits per heavy atom. The number of carbonyl (C=O) groups excluding carboxylic acids is 2. The summed E-state index contributed by atoms with van der Waals surface area (Å²) in [5.74, 6) is -1.34. The van der Waals surface area contributed by atoms with Crippen molar-refractivity contribution in [3.05, 3.63) is 95.8 Å². The van der Waals surface area contributed by atoms with E-state index < -0.39 is 34.3 Å². The van der Waals surface area contributed by atoms with Gasteiger partial charge in [-0.1, -0.05) is 55.5 Å². The first-order valence-corrected chi connectivity index (χ1v) is 13.5. The third-order valence-electron chi connectivity index (χ3n) is 5.98. The molecular formula is C28H32FN3O4S. The van der Waals surface area contributed by atoms with Gasteiger partial charge in [0.2, 0.25) is 11.8 Å². The second-order valence-corrected chi connectivity index (χ2v) is 10.6. The Morgan fingerprint density at radius 2 is 1.57 bits per heavy atom. The molecule has 0 heterocycles. The highest BCUT2D eigenvalue weighted by Crippen LogP contribution is 2.27. The third kappa shape index (κ3) is 6.95. The molecule has 0 radical (unpaired) electrons. The van der Waals surface area contributed by atoms with Crippen LogP contribution in [0, 0.1) is 12.7 Å². The lowest BCUT2D eigenvalue weighted by molar-refractivity contribution is -0.139. The summed E-state index contributed by atoms with van der Waals surface area (Å²) in [4.78, 5) is 28.0. The average molecular weight is 526 g/mol. The highest BCUT2D eigenvalue weighted by Gasteiger charge is 2.32. The van der Waals surface area contributed by atoms with Crippen LogP contribution in [0.3, 0.4) is 0 Å². The normalized spacial score (nSPS) is 12.0. The lowest BCUT2D eigenvalue weighted by Gasteiger charge is -2.32. The molecule has 0 spiro atoms. The van der Waals surface area contributed by atoms with Crippen molar-refractivity contribution in [2.45, 2.75) is 44.7 Å². The average Bonchev–Trinajstić information content (AvgIpc) is 2.90. The molecular weight excluding hydrogens is 493 g/mol. The van der Waals surface area contributed by atoms with Crippen molar-refractivity contribution in [2.24, 2.45) is 0 Å². The number of nitrogens with one attached hydrogen (secondary N) is 1. The van der Waals surface area contributed by atoms with Crippen LogP contribution in [0.25, 0.3) is 0 Å². The van der Waals surface area contributed by atoms with Gasteiger partial charge in [0.25, 0.3) is 10.0 Å². The molecule has 0 aliphatic carbocycles. The molecule has 196 valence electrons. The fourth-order valence-corrected chi connectivity index (χ4v) is 5.34. The Balaban J connectivity index is 2.01. The number of carbonyl (C=O) groups is 2. The predicted octanol–water partition coefficient (Wildman–Crippen LogP) is 4.27. The zero-order valence-electron chi connectivity index (χ0n) is 21.2. The van der Waals surface area contributed by atoms with Crippen LogP contribution in [0.15, 0.2) is 83.8 Å². The number of amides is 2. The van der Waals surface area contributed by atoms with Gasteiger partial charge in [-0.3, -0.25) is 13.9 Å². The zero-order valence-corrected chi connectivity index (χ0v) is 22.0. The Bertz CT molecular complexity index is 1310. The first-order valence-electron chi connectivity index (χ1n) is 12.1. The van der Waals surface area contributed by atoms with Gasteiger partial charge < -0.3 is 10.2 Å². The maximum Gasteiger partial charge on any atom is 0.264 e. The Kier molecular flexibility index (Phi) is 9.41. The summed E-state index contributed by atoms with van der Waals surface area (Å²) in [7, 11) is -4.11. The SMILES string of the molecule is CCCNC(=O)[C@@H](C)N(Cc1ccc(F)cc1)C(=O)CN(c1ccccc1C)S(=O)(=O)c1ccccc1. The van der Waals surface area contributed by atoms with E-state index in [0.717, 1.165) is 10.7 Å². The van der Waals surface area contributed by atoms with Gasteiger partial charge in [0.15, 0.2) is 0 Å². The van der Waals surface area contributed by atoms with E-state index in [2.05, 4.69) is 5.32 Å². The van der Waals surface area contributed by atoms with Gasteiger partial charge in [0, 0.05) is 13.1 Å². The molecule has 1 N–H and O–H groups in total. The number of anilines is 1. The van der Waals surface area contributed by atoms with Crippen LogP contribution in [0.5, 0.6) is 0 Å². The molecule has 0 saturated heterocycles. The maximum atomic E-state index is 13.8.